The van der Waals surface area contributed by atoms with Gasteiger partial charge in [0, 0.05) is 17.3 Å². The van der Waals surface area contributed by atoms with E-state index in [1.165, 1.54) is 19.1 Å². The van der Waals surface area contributed by atoms with Gasteiger partial charge in [-0.15, -0.1) is 0 Å². The highest BCUT2D eigenvalue weighted by molar-refractivity contribution is 6.51. The Hall–Kier alpha value is -4.46. The van der Waals surface area contributed by atoms with E-state index in [0.29, 0.717) is 53.0 Å². The van der Waals surface area contributed by atoms with Crippen molar-refractivity contribution in [1.29, 1.82) is 0 Å². The molecule has 1 amide bonds. The van der Waals surface area contributed by atoms with Gasteiger partial charge >= 0.3 is 0 Å². The Kier molecular flexibility index (Phi) is 8.67. The molecule has 1 saturated heterocycles. The summed E-state index contributed by atoms with van der Waals surface area (Å²) >= 11 is 0. The predicted molar refractivity (Wildman–Crippen MR) is 154 cm³/mol. The molecule has 3 aromatic carbocycles. The Morgan fingerprint density at radius 2 is 1.57 bits per heavy atom. The molecule has 40 heavy (non-hydrogen) atoms. The molecular weight excluding hydrogens is 510 g/mol. The first-order valence-electron chi connectivity index (χ1n) is 13.3. The lowest BCUT2D eigenvalue weighted by atomic mass is 9.93. The number of hydrogen-bond acceptors (Lipinski definition) is 7. The molecule has 1 unspecified atom stereocenters. The van der Waals surface area contributed by atoms with Crippen molar-refractivity contribution >= 4 is 23.1 Å². The fourth-order valence-corrected chi connectivity index (χ4v) is 4.90. The summed E-state index contributed by atoms with van der Waals surface area (Å²) in [5.74, 6) is 0.476. The first-order valence-corrected chi connectivity index (χ1v) is 13.3. The molecule has 1 aliphatic rings. The summed E-state index contributed by atoms with van der Waals surface area (Å²) in [4.78, 5) is 28.6. The first-order chi connectivity index (χ1) is 19.2. The zero-order valence-electron chi connectivity index (χ0n) is 23.7. The number of benzene rings is 3. The molecule has 0 radical (unpaired) electrons. The van der Waals surface area contributed by atoms with Crippen LogP contribution in [0.15, 0.2) is 66.2 Å². The van der Waals surface area contributed by atoms with Crippen molar-refractivity contribution in [2.75, 3.05) is 32.3 Å². The Balaban J connectivity index is 1.97. The van der Waals surface area contributed by atoms with Crippen LogP contribution in [0.2, 0.25) is 0 Å². The molecule has 0 saturated carbocycles. The van der Waals surface area contributed by atoms with E-state index in [0.717, 1.165) is 5.56 Å². The van der Waals surface area contributed by atoms with E-state index in [2.05, 4.69) is 0 Å². The minimum Gasteiger partial charge on any atom is -0.507 e. The smallest absolute Gasteiger partial charge is 0.300 e. The summed E-state index contributed by atoms with van der Waals surface area (Å²) < 4.78 is 22.4. The van der Waals surface area contributed by atoms with Crippen molar-refractivity contribution < 1.29 is 33.6 Å². The number of ether oxygens (including phenoxy) is 4. The number of carbonyl (C=O) groups is 2. The van der Waals surface area contributed by atoms with Crippen LogP contribution in [0.3, 0.4) is 0 Å². The Bertz CT molecular complexity index is 1440. The van der Waals surface area contributed by atoms with Gasteiger partial charge in [0.1, 0.15) is 17.3 Å². The molecule has 0 aromatic heterocycles. The Labute approximate surface area is 234 Å². The summed E-state index contributed by atoms with van der Waals surface area (Å²) in [6.45, 7) is 8.69. The summed E-state index contributed by atoms with van der Waals surface area (Å²) in [7, 11) is 3.07. The van der Waals surface area contributed by atoms with Gasteiger partial charge in [-0.2, -0.15) is 0 Å². The van der Waals surface area contributed by atoms with Gasteiger partial charge in [-0.25, -0.2) is 0 Å². The zero-order valence-corrected chi connectivity index (χ0v) is 23.7. The molecule has 1 N–H and O–H groups in total. The molecular formula is C32H35NO7. The summed E-state index contributed by atoms with van der Waals surface area (Å²) in [6, 6.07) is 16.5. The molecule has 4 rings (SSSR count). The minimum atomic E-state index is -0.939. The maximum absolute atomic E-state index is 13.6. The van der Waals surface area contributed by atoms with E-state index >= 15 is 0 Å². The minimum absolute atomic E-state index is 0.0284. The van der Waals surface area contributed by atoms with Crippen LogP contribution < -0.4 is 23.8 Å². The van der Waals surface area contributed by atoms with Crippen molar-refractivity contribution in [3.05, 3.63) is 82.9 Å². The van der Waals surface area contributed by atoms with Gasteiger partial charge in [-0.1, -0.05) is 26.0 Å². The zero-order chi connectivity index (χ0) is 29.0. The lowest BCUT2D eigenvalue weighted by Crippen LogP contribution is -2.29. The molecule has 210 valence electrons. The number of aliphatic hydroxyl groups excluding tert-OH is 1. The monoisotopic (exact) mass is 545 g/mol. The van der Waals surface area contributed by atoms with Gasteiger partial charge in [0.25, 0.3) is 11.7 Å². The standard InChI is InChI=1S/C32H35NO7/c1-7-39-25-14-13-21(16-24(25)19(3)4)30(34)28-29(20-12-15-26(38-6)27(17-20)40-8-2)33(32(36)31(28)35)22-10-9-11-23(18-22)37-5/h9-19,29,34H,7-8H2,1-6H3/b30-28+. The number of carbonyl (C=O) groups excluding carboxylic acids is 2. The predicted octanol–water partition coefficient (Wildman–Crippen LogP) is 6.25. The third kappa shape index (κ3) is 5.34. The number of ketones is 1. The van der Waals surface area contributed by atoms with Crippen LogP contribution in [0.5, 0.6) is 23.0 Å². The van der Waals surface area contributed by atoms with E-state index < -0.39 is 17.7 Å². The fourth-order valence-electron chi connectivity index (χ4n) is 4.90. The second-order valence-corrected chi connectivity index (χ2v) is 9.55. The Morgan fingerprint density at radius 3 is 2.23 bits per heavy atom. The van der Waals surface area contributed by atoms with Gasteiger partial charge in [0.2, 0.25) is 0 Å². The lowest BCUT2D eigenvalue weighted by Gasteiger charge is -2.26. The van der Waals surface area contributed by atoms with Crippen LogP contribution >= 0.6 is 0 Å². The van der Waals surface area contributed by atoms with Gasteiger partial charge in [0.15, 0.2) is 11.5 Å². The summed E-state index contributed by atoms with van der Waals surface area (Å²) in [5, 5.41) is 11.7. The number of nitrogens with zero attached hydrogens (tertiary/aromatic N) is 1. The van der Waals surface area contributed by atoms with E-state index in [1.807, 2.05) is 27.7 Å². The lowest BCUT2D eigenvalue weighted by molar-refractivity contribution is -0.132. The van der Waals surface area contributed by atoms with E-state index in [1.54, 1.807) is 60.7 Å². The highest BCUT2D eigenvalue weighted by Crippen LogP contribution is 2.45. The average molecular weight is 546 g/mol. The number of rotatable bonds is 10. The number of aliphatic hydroxyl groups is 1. The molecule has 0 spiro atoms. The largest absolute Gasteiger partial charge is 0.507 e. The van der Waals surface area contributed by atoms with Crippen molar-refractivity contribution in [2.45, 2.75) is 39.7 Å². The van der Waals surface area contributed by atoms with Crippen LogP contribution in [0, 0.1) is 0 Å². The van der Waals surface area contributed by atoms with Crippen LogP contribution in [-0.2, 0) is 9.59 Å². The van der Waals surface area contributed by atoms with Gasteiger partial charge < -0.3 is 24.1 Å². The summed E-state index contributed by atoms with van der Waals surface area (Å²) in [5.41, 5.74) is 2.29. The Morgan fingerprint density at radius 1 is 0.875 bits per heavy atom. The molecule has 8 heteroatoms. The number of methoxy groups -OCH3 is 2. The van der Waals surface area contributed by atoms with Crippen molar-refractivity contribution in [2.24, 2.45) is 0 Å². The van der Waals surface area contributed by atoms with Gasteiger partial charge in [0.05, 0.1) is 39.0 Å². The average Bonchev–Trinajstić information content (AvgIpc) is 3.23. The van der Waals surface area contributed by atoms with Gasteiger partial charge in [-0.05, 0) is 73.4 Å². The topological polar surface area (TPSA) is 94.5 Å². The van der Waals surface area contributed by atoms with E-state index in [4.69, 9.17) is 18.9 Å². The fraction of sp³-hybridized carbons (Fsp3) is 0.312. The van der Waals surface area contributed by atoms with Crippen molar-refractivity contribution in [3.63, 3.8) is 0 Å². The normalized spacial score (nSPS) is 16.4. The molecule has 1 aliphatic heterocycles. The van der Waals surface area contributed by atoms with Crippen LogP contribution in [0.25, 0.3) is 5.76 Å². The SMILES string of the molecule is CCOc1cc(C2/C(=C(\O)c3ccc(OCC)c(C(C)C)c3)C(=O)C(=O)N2c2cccc(OC)c2)ccc1OC. The molecule has 1 heterocycles. The molecule has 8 nitrogen and oxygen atoms in total. The first kappa shape index (κ1) is 28.5. The number of anilines is 1. The van der Waals surface area contributed by atoms with Crippen LogP contribution in [0.4, 0.5) is 5.69 Å². The van der Waals surface area contributed by atoms with E-state index in [9.17, 15) is 14.7 Å². The second-order valence-electron chi connectivity index (χ2n) is 9.55. The quantitative estimate of drug-likeness (QED) is 0.183. The number of Topliss-reactive ketones (excluding diaryl/α,β-unsaturated/α-hetero) is 1. The maximum atomic E-state index is 13.6. The van der Waals surface area contributed by atoms with Crippen LogP contribution in [-0.4, -0.2) is 44.2 Å². The molecule has 0 aliphatic carbocycles. The molecule has 1 atom stereocenters. The maximum Gasteiger partial charge on any atom is 0.300 e. The molecule has 1 fully saturated rings. The number of amides is 1. The van der Waals surface area contributed by atoms with Crippen molar-refractivity contribution in [1.82, 2.24) is 0 Å². The molecule has 0 bridgehead atoms. The summed E-state index contributed by atoms with van der Waals surface area (Å²) in [6.07, 6.45) is 0. The van der Waals surface area contributed by atoms with Crippen LogP contribution in [0.1, 0.15) is 56.3 Å². The van der Waals surface area contributed by atoms with E-state index in [-0.39, 0.29) is 17.3 Å². The van der Waals surface area contributed by atoms with Gasteiger partial charge in [-0.3, -0.25) is 14.5 Å². The highest BCUT2D eigenvalue weighted by Gasteiger charge is 2.47. The molecule has 3 aromatic rings. The van der Waals surface area contributed by atoms with Crippen molar-refractivity contribution in [3.8, 4) is 23.0 Å². The third-order valence-electron chi connectivity index (χ3n) is 6.78. The highest BCUT2D eigenvalue weighted by atomic mass is 16.5. The number of hydrogen-bond donors (Lipinski definition) is 1. The third-order valence-corrected chi connectivity index (χ3v) is 6.78. The second kappa shape index (κ2) is 12.2.